The maximum Gasteiger partial charge on any atom is 0.325 e. The minimum absolute atomic E-state index is 0.0966. The van der Waals surface area contributed by atoms with Gasteiger partial charge in [-0.3, -0.25) is 18.9 Å². The van der Waals surface area contributed by atoms with Gasteiger partial charge in [-0.05, 0) is 43.7 Å². The van der Waals surface area contributed by atoms with Crippen LogP contribution >= 0.6 is 0 Å². The Bertz CT molecular complexity index is 1090. The number of nitrogens with one attached hydrogen (secondary N) is 1. The van der Waals surface area contributed by atoms with E-state index >= 15 is 0 Å². The normalized spacial score (nSPS) is 20.0. The van der Waals surface area contributed by atoms with E-state index in [-0.39, 0.29) is 12.1 Å². The van der Waals surface area contributed by atoms with Gasteiger partial charge in [-0.1, -0.05) is 0 Å². The number of carbonyl (C=O) groups is 2. The SMILES string of the molecule is Cc1ccn2c(=O)cc(CN3C(=O)NC(C)(c4ccco4)C3=O)nc2c1. The number of hydrogen-bond donors (Lipinski definition) is 1. The molecule has 1 atom stereocenters. The predicted octanol–water partition coefficient (Wildman–Crippen LogP) is 1.56. The number of fused-ring (bicyclic) bond motifs is 1. The zero-order chi connectivity index (χ0) is 18.5. The fourth-order valence-electron chi connectivity index (χ4n) is 3.07. The van der Waals surface area contributed by atoms with E-state index in [1.54, 1.807) is 31.3 Å². The first-order valence-electron chi connectivity index (χ1n) is 8.05. The van der Waals surface area contributed by atoms with Crippen molar-refractivity contribution in [3.8, 4) is 0 Å². The Morgan fingerprint density at radius 1 is 1.23 bits per heavy atom. The first-order valence-corrected chi connectivity index (χ1v) is 8.05. The lowest BCUT2D eigenvalue weighted by atomic mass is 9.99. The number of amides is 3. The third-order valence-corrected chi connectivity index (χ3v) is 4.48. The molecule has 1 saturated heterocycles. The summed E-state index contributed by atoms with van der Waals surface area (Å²) in [5.74, 6) is -0.107. The molecule has 0 bridgehead atoms. The molecular formula is C18H16N4O4. The zero-order valence-electron chi connectivity index (χ0n) is 14.2. The molecule has 1 N–H and O–H groups in total. The maximum absolute atomic E-state index is 12.8. The Labute approximate surface area is 148 Å². The molecule has 0 radical (unpaired) electrons. The molecule has 3 amide bonds. The van der Waals surface area contributed by atoms with E-state index in [4.69, 9.17) is 4.42 Å². The van der Waals surface area contributed by atoms with Crippen molar-refractivity contribution in [2.24, 2.45) is 0 Å². The van der Waals surface area contributed by atoms with Crippen molar-refractivity contribution in [2.45, 2.75) is 25.9 Å². The van der Waals surface area contributed by atoms with Gasteiger partial charge in [0.25, 0.3) is 11.5 Å². The number of hydrogen-bond acceptors (Lipinski definition) is 5. The van der Waals surface area contributed by atoms with Gasteiger partial charge in [0, 0.05) is 12.3 Å². The number of imide groups is 1. The first-order chi connectivity index (χ1) is 12.4. The number of carbonyl (C=O) groups excluding carboxylic acids is 2. The zero-order valence-corrected chi connectivity index (χ0v) is 14.2. The molecule has 3 aromatic heterocycles. The Morgan fingerprint density at radius 3 is 2.77 bits per heavy atom. The maximum atomic E-state index is 12.8. The molecule has 8 nitrogen and oxygen atoms in total. The van der Waals surface area contributed by atoms with Crippen molar-refractivity contribution in [3.05, 3.63) is 70.2 Å². The van der Waals surface area contributed by atoms with Crippen LogP contribution < -0.4 is 10.9 Å². The van der Waals surface area contributed by atoms with Gasteiger partial charge in [0.1, 0.15) is 11.4 Å². The minimum Gasteiger partial charge on any atom is -0.466 e. The van der Waals surface area contributed by atoms with Crippen LogP contribution in [0.3, 0.4) is 0 Å². The summed E-state index contributed by atoms with van der Waals surface area (Å²) in [6.45, 7) is 3.38. The lowest BCUT2D eigenvalue weighted by Crippen LogP contribution is -2.40. The molecule has 4 heterocycles. The summed E-state index contributed by atoms with van der Waals surface area (Å²) in [7, 11) is 0. The molecule has 26 heavy (non-hydrogen) atoms. The van der Waals surface area contributed by atoms with Crippen LogP contribution in [0.1, 0.15) is 23.9 Å². The van der Waals surface area contributed by atoms with E-state index in [0.29, 0.717) is 17.1 Å². The van der Waals surface area contributed by atoms with Gasteiger partial charge < -0.3 is 9.73 Å². The van der Waals surface area contributed by atoms with Crippen molar-refractivity contribution >= 4 is 17.6 Å². The molecule has 132 valence electrons. The number of furan rings is 1. The number of aromatic nitrogens is 2. The predicted molar refractivity (Wildman–Crippen MR) is 91.3 cm³/mol. The minimum atomic E-state index is -1.27. The smallest absolute Gasteiger partial charge is 0.325 e. The van der Waals surface area contributed by atoms with Gasteiger partial charge in [-0.2, -0.15) is 0 Å². The number of urea groups is 1. The summed E-state index contributed by atoms with van der Waals surface area (Å²) >= 11 is 0. The van der Waals surface area contributed by atoms with E-state index in [2.05, 4.69) is 10.3 Å². The second-order valence-electron chi connectivity index (χ2n) is 6.44. The molecule has 1 aliphatic rings. The highest BCUT2D eigenvalue weighted by Crippen LogP contribution is 2.29. The van der Waals surface area contributed by atoms with Crippen molar-refractivity contribution in [1.82, 2.24) is 19.6 Å². The molecule has 4 rings (SSSR count). The molecule has 3 aromatic rings. The highest BCUT2D eigenvalue weighted by molar-refractivity contribution is 6.06. The van der Waals surface area contributed by atoms with E-state index in [1.165, 1.54) is 16.7 Å². The van der Waals surface area contributed by atoms with Gasteiger partial charge in [0.15, 0.2) is 5.54 Å². The average Bonchev–Trinajstić information content (AvgIpc) is 3.19. The fourth-order valence-corrected chi connectivity index (χ4v) is 3.07. The lowest BCUT2D eigenvalue weighted by Gasteiger charge is -2.18. The number of aryl methyl sites for hydroxylation is 1. The quantitative estimate of drug-likeness (QED) is 0.722. The van der Waals surface area contributed by atoms with Crippen LogP contribution in [0.5, 0.6) is 0 Å². The number of nitrogens with zero attached hydrogens (tertiary/aromatic N) is 3. The molecule has 0 spiro atoms. The molecule has 8 heteroatoms. The second kappa shape index (κ2) is 5.55. The van der Waals surface area contributed by atoms with Crippen molar-refractivity contribution < 1.29 is 14.0 Å². The van der Waals surface area contributed by atoms with E-state index in [0.717, 1.165) is 10.5 Å². The topological polar surface area (TPSA) is 96.9 Å². The lowest BCUT2D eigenvalue weighted by molar-refractivity contribution is -0.132. The van der Waals surface area contributed by atoms with Crippen LogP contribution in [-0.4, -0.2) is 26.2 Å². The average molecular weight is 352 g/mol. The highest BCUT2D eigenvalue weighted by Gasteiger charge is 2.51. The van der Waals surface area contributed by atoms with Crippen molar-refractivity contribution in [3.63, 3.8) is 0 Å². The summed E-state index contributed by atoms with van der Waals surface area (Å²) in [4.78, 5) is 42.9. The van der Waals surface area contributed by atoms with Crippen LogP contribution in [0, 0.1) is 6.92 Å². The Morgan fingerprint density at radius 2 is 2.04 bits per heavy atom. The molecule has 0 aliphatic carbocycles. The van der Waals surface area contributed by atoms with Crippen molar-refractivity contribution in [1.29, 1.82) is 0 Å². The largest absolute Gasteiger partial charge is 0.466 e. The standard InChI is InChI=1S/C18H16N4O4/c1-11-5-6-21-14(8-11)19-12(9-15(21)23)10-22-16(24)18(2,20-17(22)25)13-4-3-7-26-13/h3-9H,10H2,1-2H3,(H,20,25). The van der Waals surface area contributed by atoms with Gasteiger partial charge in [0.2, 0.25) is 0 Å². The van der Waals surface area contributed by atoms with Crippen LogP contribution in [-0.2, 0) is 16.9 Å². The van der Waals surface area contributed by atoms with Crippen LogP contribution in [0.4, 0.5) is 4.79 Å². The molecule has 0 saturated carbocycles. The van der Waals surface area contributed by atoms with Crippen LogP contribution in [0.15, 0.2) is 52.0 Å². The number of rotatable bonds is 3. The van der Waals surface area contributed by atoms with Crippen LogP contribution in [0.25, 0.3) is 5.65 Å². The molecule has 1 fully saturated rings. The fraction of sp³-hybridized carbons (Fsp3) is 0.222. The summed E-state index contributed by atoms with van der Waals surface area (Å²) in [5.41, 5.74) is 0.213. The summed E-state index contributed by atoms with van der Waals surface area (Å²) in [6.07, 6.45) is 3.09. The second-order valence-corrected chi connectivity index (χ2v) is 6.44. The summed E-state index contributed by atoms with van der Waals surface area (Å²) < 4.78 is 6.71. The third-order valence-electron chi connectivity index (χ3n) is 4.48. The van der Waals surface area contributed by atoms with E-state index in [9.17, 15) is 14.4 Å². The van der Waals surface area contributed by atoms with Crippen molar-refractivity contribution in [2.75, 3.05) is 0 Å². The monoisotopic (exact) mass is 352 g/mol. The van der Waals surface area contributed by atoms with Gasteiger partial charge in [0.05, 0.1) is 18.5 Å². The van der Waals surface area contributed by atoms with Gasteiger partial charge in [-0.25, -0.2) is 9.78 Å². The molecule has 1 unspecified atom stereocenters. The highest BCUT2D eigenvalue weighted by atomic mass is 16.3. The summed E-state index contributed by atoms with van der Waals surface area (Å²) in [6, 6.07) is 7.62. The molecular weight excluding hydrogens is 336 g/mol. The third kappa shape index (κ3) is 2.38. The summed E-state index contributed by atoms with van der Waals surface area (Å²) in [5, 5.41) is 2.65. The van der Waals surface area contributed by atoms with Gasteiger partial charge in [-0.15, -0.1) is 0 Å². The van der Waals surface area contributed by atoms with E-state index in [1.807, 2.05) is 13.0 Å². The Balaban J connectivity index is 1.69. The Hall–Kier alpha value is -3.42. The molecule has 1 aliphatic heterocycles. The number of pyridine rings is 1. The Kier molecular flexibility index (Phi) is 3.43. The first kappa shape index (κ1) is 16.1. The van der Waals surface area contributed by atoms with Crippen LogP contribution in [0.2, 0.25) is 0 Å². The van der Waals surface area contributed by atoms with Gasteiger partial charge >= 0.3 is 6.03 Å². The van der Waals surface area contributed by atoms with E-state index < -0.39 is 17.5 Å². The molecule has 0 aromatic carbocycles.